The smallest absolute Gasteiger partial charge is 0.340 e. The normalized spacial score (nSPS) is 14.6. The van der Waals surface area contributed by atoms with Gasteiger partial charge in [-0.25, -0.2) is 4.79 Å². The van der Waals surface area contributed by atoms with Gasteiger partial charge < -0.3 is 24.3 Å². The maximum Gasteiger partial charge on any atom is 0.340 e. The SMILES string of the molecule is CCOC(=O)c1cccc2c1N(Cc1ccc(-n3c(C)ccc3C#N)cc1)C(OCC)N2. The Balaban J connectivity index is 1.66. The Morgan fingerprint density at radius 2 is 1.88 bits per heavy atom. The van der Waals surface area contributed by atoms with Crippen LogP contribution in [0.2, 0.25) is 0 Å². The average molecular weight is 431 g/mol. The fourth-order valence-corrected chi connectivity index (χ4v) is 4.04. The summed E-state index contributed by atoms with van der Waals surface area (Å²) >= 11 is 0. The van der Waals surface area contributed by atoms with E-state index in [0.29, 0.717) is 31.0 Å². The fraction of sp³-hybridized carbons (Fsp3) is 0.280. The van der Waals surface area contributed by atoms with Crippen LogP contribution < -0.4 is 10.2 Å². The highest BCUT2D eigenvalue weighted by molar-refractivity contribution is 6.00. The first-order valence-corrected chi connectivity index (χ1v) is 10.7. The van der Waals surface area contributed by atoms with Gasteiger partial charge in [-0.15, -0.1) is 0 Å². The Bertz CT molecular complexity index is 1160. The second kappa shape index (κ2) is 9.16. The third-order valence-electron chi connectivity index (χ3n) is 5.44. The van der Waals surface area contributed by atoms with Gasteiger partial charge in [0.1, 0.15) is 11.8 Å². The number of carbonyl (C=O) groups is 1. The van der Waals surface area contributed by atoms with Gasteiger partial charge in [-0.1, -0.05) is 18.2 Å². The molecule has 4 rings (SSSR count). The average Bonchev–Trinajstić information content (AvgIpc) is 3.34. The summed E-state index contributed by atoms with van der Waals surface area (Å²) in [6, 6.07) is 19.6. The Morgan fingerprint density at radius 3 is 2.56 bits per heavy atom. The van der Waals surface area contributed by atoms with Crippen molar-refractivity contribution >= 4 is 17.3 Å². The summed E-state index contributed by atoms with van der Waals surface area (Å²) < 4.78 is 13.1. The molecule has 2 heterocycles. The lowest BCUT2D eigenvalue weighted by Crippen LogP contribution is -2.38. The van der Waals surface area contributed by atoms with Crippen LogP contribution in [0.5, 0.6) is 0 Å². The number of rotatable bonds is 7. The number of nitriles is 1. The topological polar surface area (TPSA) is 79.5 Å². The molecule has 1 aliphatic heterocycles. The van der Waals surface area contributed by atoms with E-state index in [1.807, 2.05) is 71.8 Å². The molecule has 1 atom stereocenters. The Morgan fingerprint density at radius 1 is 1.09 bits per heavy atom. The monoisotopic (exact) mass is 430 g/mol. The number of benzene rings is 2. The van der Waals surface area contributed by atoms with Gasteiger partial charge in [0.05, 0.1) is 23.5 Å². The van der Waals surface area contributed by atoms with Crippen molar-refractivity contribution in [1.29, 1.82) is 5.26 Å². The number of ether oxygens (including phenoxy) is 2. The summed E-state index contributed by atoms with van der Waals surface area (Å²) in [6.45, 7) is 7.10. The van der Waals surface area contributed by atoms with E-state index < -0.39 is 0 Å². The fourth-order valence-electron chi connectivity index (χ4n) is 4.04. The minimum atomic E-state index is -0.387. The molecule has 32 heavy (non-hydrogen) atoms. The number of nitrogens with zero attached hydrogens (tertiary/aromatic N) is 3. The molecule has 1 aliphatic rings. The van der Waals surface area contributed by atoms with Gasteiger partial charge in [0, 0.05) is 24.5 Å². The summed E-state index contributed by atoms with van der Waals surface area (Å²) in [5.41, 5.74) is 5.72. The minimum absolute atomic E-state index is 0.315. The molecule has 164 valence electrons. The molecule has 1 N–H and O–H groups in total. The van der Waals surface area contributed by atoms with Gasteiger partial charge in [0.2, 0.25) is 6.35 Å². The van der Waals surface area contributed by atoms with Gasteiger partial charge in [0.15, 0.2) is 0 Å². The molecule has 7 nitrogen and oxygen atoms in total. The predicted molar refractivity (Wildman–Crippen MR) is 123 cm³/mol. The van der Waals surface area contributed by atoms with Crippen molar-refractivity contribution in [2.45, 2.75) is 33.7 Å². The largest absolute Gasteiger partial charge is 0.462 e. The van der Waals surface area contributed by atoms with Crippen LogP contribution in [0, 0.1) is 18.3 Å². The van der Waals surface area contributed by atoms with Crippen LogP contribution in [0.1, 0.15) is 41.2 Å². The van der Waals surface area contributed by atoms with E-state index >= 15 is 0 Å². The first-order chi connectivity index (χ1) is 15.6. The van der Waals surface area contributed by atoms with E-state index in [4.69, 9.17) is 9.47 Å². The molecule has 7 heteroatoms. The van der Waals surface area contributed by atoms with Crippen LogP contribution in [-0.4, -0.2) is 30.1 Å². The molecule has 0 spiro atoms. The molecule has 0 saturated heterocycles. The van der Waals surface area contributed by atoms with Crippen LogP contribution in [0.15, 0.2) is 54.6 Å². The number of aryl methyl sites for hydroxylation is 1. The molecule has 0 aliphatic carbocycles. The number of carbonyl (C=O) groups excluding carboxylic acids is 1. The lowest BCUT2D eigenvalue weighted by atomic mass is 10.1. The lowest BCUT2D eigenvalue weighted by Gasteiger charge is -2.27. The zero-order valence-corrected chi connectivity index (χ0v) is 18.5. The van der Waals surface area contributed by atoms with Crippen LogP contribution in [-0.2, 0) is 16.0 Å². The Labute approximate surface area is 187 Å². The standard InChI is InChI=1S/C25H26N4O3/c1-4-31-24(30)21-7-6-8-22-23(21)28(25(27-22)32-5-2)16-18-10-13-19(14-11-18)29-17(3)9-12-20(29)15-26/h6-14,25,27H,4-5,16H2,1-3H3. The zero-order chi connectivity index (χ0) is 22.7. The highest BCUT2D eigenvalue weighted by Gasteiger charge is 2.33. The van der Waals surface area contributed by atoms with Crippen molar-refractivity contribution in [2.75, 3.05) is 23.4 Å². The third-order valence-corrected chi connectivity index (χ3v) is 5.44. The molecule has 0 fully saturated rings. The number of hydrogen-bond donors (Lipinski definition) is 1. The van der Waals surface area contributed by atoms with Gasteiger partial charge in [-0.3, -0.25) is 0 Å². The minimum Gasteiger partial charge on any atom is -0.462 e. The lowest BCUT2D eigenvalue weighted by molar-refractivity contribution is 0.0525. The van der Waals surface area contributed by atoms with Crippen molar-refractivity contribution in [3.8, 4) is 11.8 Å². The van der Waals surface area contributed by atoms with Crippen LogP contribution >= 0.6 is 0 Å². The Kier molecular flexibility index (Phi) is 6.15. The molecular formula is C25H26N4O3. The third kappa shape index (κ3) is 3.93. The molecule has 0 bridgehead atoms. The number of hydrogen-bond acceptors (Lipinski definition) is 6. The maximum atomic E-state index is 12.6. The number of anilines is 2. The van der Waals surface area contributed by atoms with Gasteiger partial charge in [0.25, 0.3) is 0 Å². The van der Waals surface area contributed by atoms with Crippen molar-refractivity contribution in [3.63, 3.8) is 0 Å². The summed E-state index contributed by atoms with van der Waals surface area (Å²) in [5.74, 6) is -0.351. The van der Waals surface area contributed by atoms with Crippen molar-refractivity contribution in [2.24, 2.45) is 0 Å². The molecule has 0 radical (unpaired) electrons. The molecule has 0 amide bonds. The van der Waals surface area contributed by atoms with E-state index in [1.54, 1.807) is 13.0 Å². The second-order valence-electron chi connectivity index (χ2n) is 7.48. The first kappa shape index (κ1) is 21.5. The number of nitrogens with one attached hydrogen (secondary N) is 1. The predicted octanol–water partition coefficient (Wildman–Crippen LogP) is 4.59. The highest BCUT2D eigenvalue weighted by Crippen LogP contribution is 2.39. The quantitative estimate of drug-likeness (QED) is 0.553. The summed E-state index contributed by atoms with van der Waals surface area (Å²) in [6.07, 6.45) is -0.387. The number of esters is 1. The Hall–Kier alpha value is -3.76. The molecule has 1 unspecified atom stereocenters. The first-order valence-electron chi connectivity index (χ1n) is 10.7. The van der Waals surface area contributed by atoms with Crippen LogP contribution in [0.25, 0.3) is 5.69 Å². The van der Waals surface area contributed by atoms with Crippen molar-refractivity contribution in [3.05, 3.63) is 77.1 Å². The molecule has 2 aromatic carbocycles. The maximum absolute atomic E-state index is 12.6. The van der Waals surface area contributed by atoms with E-state index in [-0.39, 0.29) is 12.3 Å². The molecule has 3 aromatic rings. The highest BCUT2D eigenvalue weighted by atomic mass is 16.5. The molecule has 0 saturated carbocycles. The van der Waals surface area contributed by atoms with Gasteiger partial charge in [-0.05, 0) is 62.7 Å². The van der Waals surface area contributed by atoms with Crippen molar-refractivity contribution in [1.82, 2.24) is 4.57 Å². The number of aromatic nitrogens is 1. The van der Waals surface area contributed by atoms with E-state index in [9.17, 15) is 10.1 Å². The number of para-hydroxylation sites is 1. The zero-order valence-electron chi connectivity index (χ0n) is 18.5. The van der Waals surface area contributed by atoms with Crippen LogP contribution in [0.3, 0.4) is 0 Å². The summed E-state index contributed by atoms with van der Waals surface area (Å²) in [5, 5.41) is 12.7. The van der Waals surface area contributed by atoms with E-state index in [2.05, 4.69) is 11.4 Å². The summed E-state index contributed by atoms with van der Waals surface area (Å²) in [4.78, 5) is 14.6. The van der Waals surface area contributed by atoms with Gasteiger partial charge in [-0.2, -0.15) is 5.26 Å². The van der Waals surface area contributed by atoms with Gasteiger partial charge >= 0.3 is 5.97 Å². The number of fused-ring (bicyclic) bond motifs is 1. The molecular weight excluding hydrogens is 404 g/mol. The van der Waals surface area contributed by atoms with E-state index in [0.717, 1.165) is 28.3 Å². The second-order valence-corrected chi connectivity index (χ2v) is 7.48. The van der Waals surface area contributed by atoms with Crippen LogP contribution in [0.4, 0.5) is 11.4 Å². The van der Waals surface area contributed by atoms with E-state index in [1.165, 1.54) is 0 Å². The molecule has 1 aromatic heterocycles. The summed E-state index contributed by atoms with van der Waals surface area (Å²) in [7, 11) is 0. The van der Waals surface area contributed by atoms with Crippen molar-refractivity contribution < 1.29 is 14.3 Å².